The Balaban J connectivity index is 0.00000121. The van der Waals surface area contributed by atoms with Gasteiger partial charge in [-0.3, -0.25) is 4.21 Å². The molecule has 0 saturated carbocycles. The molecule has 0 saturated heterocycles. The van der Waals surface area contributed by atoms with Crippen LogP contribution in [0.4, 0.5) is 0 Å². The maximum absolute atomic E-state index is 10.4. The van der Waals surface area contributed by atoms with Crippen LogP contribution in [-0.4, -0.2) is 13.7 Å². The molecular weight excluding hydrogens is 276 g/mol. The number of hydrogen-bond donors (Lipinski definition) is 0. The number of nitrogens with zero attached hydrogens (tertiary/aromatic N) is 1. The molecule has 1 unspecified atom stereocenters. The molecule has 0 aliphatic heterocycles. The fraction of sp³-hybridized carbons (Fsp3) is 0. The first-order valence-electron chi connectivity index (χ1n) is 2.51. The van der Waals surface area contributed by atoms with Gasteiger partial charge in [0.05, 0.1) is 5.02 Å². The fourth-order valence-corrected chi connectivity index (χ4v) is 1.30. The molecule has 1 heterocycles. The Morgan fingerprint density at radius 1 is 1.67 bits per heavy atom. The summed E-state index contributed by atoms with van der Waals surface area (Å²) in [4.78, 5) is 3.77. The maximum atomic E-state index is 10.4. The van der Waals surface area contributed by atoms with Crippen LogP contribution in [0.15, 0.2) is 21.8 Å². The normalized spacial score (nSPS) is 11.9. The molecule has 0 bridgehead atoms. The predicted octanol–water partition coefficient (Wildman–Crippen LogP) is -1.26. The van der Waals surface area contributed by atoms with Crippen LogP contribution in [0.2, 0.25) is 5.02 Å². The second-order valence-corrected chi connectivity index (χ2v) is 3.78. The molecule has 3 nitrogen and oxygen atoms in total. The van der Waals surface area contributed by atoms with Crippen molar-refractivity contribution in [3.05, 3.63) is 21.9 Å². The Kier molecular flexibility index (Phi) is 6.18. The largest absolute Gasteiger partial charge is 1.00 e. The zero-order valence-corrected chi connectivity index (χ0v) is 11.2. The molecule has 12 heavy (non-hydrogen) atoms. The molecule has 1 rings (SSSR count). The number of aromatic nitrogens is 1. The molecule has 0 spiro atoms. The SMILES string of the molecule is O=S([O-])c1cnc(Br)c(Cl)c1.[Na+]. The molecule has 0 fully saturated rings. The Hall–Kier alpha value is 1.03. The zero-order chi connectivity index (χ0) is 8.43. The Morgan fingerprint density at radius 2 is 2.25 bits per heavy atom. The molecule has 0 amide bonds. The average Bonchev–Trinajstić information content (AvgIpc) is 1.94. The van der Waals surface area contributed by atoms with Crippen molar-refractivity contribution in [2.75, 3.05) is 0 Å². The maximum Gasteiger partial charge on any atom is 1.00 e. The van der Waals surface area contributed by atoms with Crippen molar-refractivity contribution < 1.29 is 38.3 Å². The Bertz CT molecular complexity index is 311. The topological polar surface area (TPSA) is 53.0 Å². The molecule has 7 heteroatoms. The van der Waals surface area contributed by atoms with E-state index in [0.29, 0.717) is 4.60 Å². The van der Waals surface area contributed by atoms with Crippen LogP contribution < -0.4 is 29.6 Å². The van der Waals surface area contributed by atoms with Crippen LogP contribution >= 0.6 is 27.5 Å². The van der Waals surface area contributed by atoms with E-state index < -0.39 is 11.1 Å². The molecule has 0 N–H and O–H groups in total. The van der Waals surface area contributed by atoms with Crippen molar-refractivity contribution in [1.82, 2.24) is 4.98 Å². The molecule has 0 radical (unpaired) electrons. The van der Waals surface area contributed by atoms with Crippen molar-refractivity contribution in [3.63, 3.8) is 0 Å². The summed E-state index contributed by atoms with van der Waals surface area (Å²) in [6, 6.07) is 1.32. The van der Waals surface area contributed by atoms with E-state index in [1.807, 2.05) is 0 Å². The van der Waals surface area contributed by atoms with Crippen molar-refractivity contribution in [2.24, 2.45) is 0 Å². The summed E-state index contributed by atoms with van der Waals surface area (Å²) in [5, 5.41) is 0.284. The van der Waals surface area contributed by atoms with Gasteiger partial charge in [-0.2, -0.15) is 0 Å². The van der Waals surface area contributed by atoms with Crippen molar-refractivity contribution in [1.29, 1.82) is 0 Å². The first kappa shape index (κ1) is 13.0. The molecule has 1 atom stereocenters. The van der Waals surface area contributed by atoms with Crippen LogP contribution in [0.3, 0.4) is 0 Å². The van der Waals surface area contributed by atoms with Crippen LogP contribution in [-0.2, 0) is 11.1 Å². The first-order valence-corrected chi connectivity index (χ1v) is 4.76. The molecular formula is C5H2BrClNNaO2S. The van der Waals surface area contributed by atoms with Gasteiger partial charge in [0.15, 0.2) is 0 Å². The van der Waals surface area contributed by atoms with Crippen LogP contribution in [0.1, 0.15) is 0 Å². The molecule has 1 aromatic heterocycles. The van der Waals surface area contributed by atoms with Crippen LogP contribution in [0.5, 0.6) is 0 Å². The summed E-state index contributed by atoms with van der Waals surface area (Å²) in [5.41, 5.74) is 0. The number of halogens is 2. The number of rotatable bonds is 1. The Morgan fingerprint density at radius 3 is 2.67 bits per heavy atom. The summed E-state index contributed by atoms with van der Waals surface area (Å²) in [6.07, 6.45) is 1.22. The summed E-state index contributed by atoms with van der Waals surface area (Å²) in [7, 11) is 0. The van der Waals surface area contributed by atoms with Crippen molar-refractivity contribution in [2.45, 2.75) is 4.90 Å². The van der Waals surface area contributed by atoms with E-state index in [2.05, 4.69) is 20.9 Å². The van der Waals surface area contributed by atoms with Gasteiger partial charge in [0.1, 0.15) is 4.60 Å². The van der Waals surface area contributed by atoms with Gasteiger partial charge in [0, 0.05) is 11.1 Å². The smallest absolute Gasteiger partial charge is 0.768 e. The predicted molar refractivity (Wildman–Crippen MR) is 44.1 cm³/mol. The first-order chi connectivity index (χ1) is 5.11. The molecule has 0 aliphatic rings. The van der Waals surface area contributed by atoms with Gasteiger partial charge in [0.2, 0.25) is 0 Å². The summed E-state index contributed by atoms with van der Waals surface area (Å²) in [5.74, 6) is 0. The van der Waals surface area contributed by atoms with Crippen LogP contribution in [0.25, 0.3) is 0 Å². The van der Waals surface area contributed by atoms with E-state index >= 15 is 0 Å². The van der Waals surface area contributed by atoms with E-state index in [0.717, 1.165) is 0 Å². The Labute approximate surface area is 108 Å². The van der Waals surface area contributed by atoms with Gasteiger partial charge in [-0.1, -0.05) is 11.6 Å². The monoisotopic (exact) mass is 277 g/mol. The second-order valence-electron chi connectivity index (χ2n) is 1.68. The minimum atomic E-state index is -2.27. The van der Waals surface area contributed by atoms with Gasteiger partial charge in [-0.05, 0) is 33.1 Å². The average molecular weight is 278 g/mol. The van der Waals surface area contributed by atoms with Gasteiger partial charge in [-0.25, -0.2) is 4.98 Å². The van der Waals surface area contributed by atoms with Crippen LogP contribution in [0, 0.1) is 0 Å². The van der Waals surface area contributed by atoms with E-state index in [1.165, 1.54) is 12.3 Å². The third-order valence-corrected chi connectivity index (χ3v) is 2.72. The van der Waals surface area contributed by atoms with Crippen molar-refractivity contribution in [3.8, 4) is 0 Å². The summed E-state index contributed by atoms with van der Waals surface area (Å²) in [6.45, 7) is 0. The molecule has 0 aromatic carbocycles. The number of hydrogen-bond acceptors (Lipinski definition) is 3. The fourth-order valence-electron chi connectivity index (χ4n) is 0.495. The van der Waals surface area contributed by atoms with E-state index in [9.17, 15) is 8.76 Å². The van der Waals surface area contributed by atoms with Gasteiger partial charge >= 0.3 is 29.6 Å². The molecule has 60 valence electrons. The van der Waals surface area contributed by atoms with Crippen molar-refractivity contribution >= 4 is 38.6 Å². The minimum absolute atomic E-state index is 0. The second kappa shape index (κ2) is 5.70. The molecule has 0 aliphatic carbocycles. The summed E-state index contributed by atoms with van der Waals surface area (Å²) >= 11 is 6.34. The standard InChI is InChI=1S/C5H3BrClNO2S.Na/c6-5-4(7)1-3(2-8-5)11(9)10;/h1-2H,(H,9,10);/q;+1/p-1. The minimum Gasteiger partial charge on any atom is -0.768 e. The van der Waals surface area contributed by atoms with Gasteiger partial charge < -0.3 is 4.55 Å². The van der Waals surface area contributed by atoms with E-state index in [4.69, 9.17) is 11.6 Å². The number of pyridine rings is 1. The van der Waals surface area contributed by atoms with E-state index in [1.54, 1.807) is 0 Å². The molecule has 1 aromatic rings. The van der Waals surface area contributed by atoms with Gasteiger partial charge in [0.25, 0.3) is 0 Å². The summed E-state index contributed by atoms with van der Waals surface area (Å²) < 4.78 is 21.1. The zero-order valence-electron chi connectivity index (χ0n) is 6.08. The quantitative estimate of drug-likeness (QED) is 0.366. The van der Waals surface area contributed by atoms with Gasteiger partial charge in [-0.15, -0.1) is 0 Å². The third kappa shape index (κ3) is 3.41. The third-order valence-electron chi connectivity index (χ3n) is 0.964. The van der Waals surface area contributed by atoms with E-state index in [-0.39, 0.29) is 39.5 Å².